The lowest BCUT2D eigenvalue weighted by atomic mass is 10.3. The molecule has 130 valence electrons. The minimum absolute atomic E-state index is 0.0891. The molecule has 0 atom stereocenters. The summed E-state index contributed by atoms with van der Waals surface area (Å²) in [6.07, 6.45) is 1.58. The average molecular weight is 359 g/mol. The van der Waals surface area contributed by atoms with Gasteiger partial charge in [0.2, 0.25) is 0 Å². The van der Waals surface area contributed by atoms with Gasteiger partial charge in [0, 0.05) is 11.4 Å². The highest BCUT2D eigenvalue weighted by Gasteiger charge is 2.24. The molecule has 2 aromatic carbocycles. The second-order valence-electron chi connectivity index (χ2n) is 5.59. The lowest BCUT2D eigenvalue weighted by molar-refractivity contribution is -0.448. The van der Waals surface area contributed by atoms with Crippen molar-refractivity contribution in [1.29, 1.82) is 0 Å². The number of carbonyl (C=O) groups excluding carboxylic acids is 1. The predicted octanol–water partition coefficient (Wildman–Crippen LogP) is 0.882. The van der Waals surface area contributed by atoms with Gasteiger partial charge in [0.25, 0.3) is 5.84 Å². The summed E-state index contributed by atoms with van der Waals surface area (Å²) in [4.78, 5) is 15.1. The van der Waals surface area contributed by atoms with E-state index in [-0.39, 0.29) is 4.90 Å². The SMILES string of the molecule is O=C(Nc1ccccc1)Nc1cccc(S(=O)(=O)NC2=[NH+]CCC2)c1. The third-order valence-corrected chi connectivity index (χ3v) is 5.02. The van der Waals surface area contributed by atoms with E-state index in [0.29, 0.717) is 23.6 Å². The minimum Gasteiger partial charge on any atom is -0.308 e. The van der Waals surface area contributed by atoms with Crippen LogP contribution in [0.25, 0.3) is 0 Å². The molecule has 3 rings (SSSR count). The molecule has 0 saturated heterocycles. The molecule has 1 aliphatic heterocycles. The van der Waals surface area contributed by atoms with Gasteiger partial charge >= 0.3 is 16.1 Å². The first kappa shape index (κ1) is 17.0. The molecule has 2 amide bonds. The summed E-state index contributed by atoms with van der Waals surface area (Å²) in [5.74, 6) is 0.597. The molecule has 7 nitrogen and oxygen atoms in total. The molecule has 0 spiro atoms. The third-order valence-electron chi connectivity index (χ3n) is 3.63. The maximum atomic E-state index is 12.4. The van der Waals surface area contributed by atoms with Crippen molar-refractivity contribution in [3.8, 4) is 0 Å². The number of amidine groups is 1. The van der Waals surface area contributed by atoms with Gasteiger partial charge in [-0.3, -0.25) is 4.99 Å². The fourth-order valence-electron chi connectivity index (χ4n) is 2.46. The number of hydrogen-bond donors (Lipinski definition) is 4. The fraction of sp³-hybridized carbons (Fsp3) is 0.176. The molecule has 0 aliphatic carbocycles. The largest absolute Gasteiger partial charge is 0.328 e. The highest BCUT2D eigenvalue weighted by molar-refractivity contribution is 7.90. The number of nitrogens with one attached hydrogen (secondary N) is 4. The topological polar surface area (TPSA) is 101 Å². The summed E-state index contributed by atoms with van der Waals surface area (Å²) in [6.45, 7) is 0.763. The summed E-state index contributed by atoms with van der Waals surface area (Å²) in [5, 5.41) is 5.31. The Bertz CT molecular complexity index is 895. The molecule has 25 heavy (non-hydrogen) atoms. The van der Waals surface area contributed by atoms with Crippen molar-refractivity contribution < 1.29 is 18.2 Å². The van der Waals surface area contributed by atoms with Crippen LogP contribution in [-0.2, 0) is 10.0 Å². The third kappa shape index (κ3) is 4.57. The van der Waals surface area contributed by atoms with Gasteiger partial charge in [-0.05, 0) is 36.8 Å². The number of para-hydroxylation sites is 1. The van der Waals surface area contributed by atoms with Crippen LogP contribution in [0.15, 0.2) is 59.5 Å². The summed E-state index contributed by atoms with van der Waals surface area (Å²) >= 11 is 0. The summed E-state index contributed by atoms with van der Waals surface area (Å²) in [6, 6.07) is 14.7. The molecular formula is C17H19N4O3S+. The molecule has 8 heteroatoms. The van der Waals surface area contributed by atoms with Crippen LogP contribution in [0.5, 0.6) is 0 Å². The number of hydrogen-bond acceptors (Lipinski definition) is 3. The van der Waals surface area contributed by atoms with E-state index in [1.54, 1.807) is 24.3 Å². The van der Waals surface area contributed by atoms with Crippen LogP contribution in [0.4, 0.5) is 16.2 Å². The van der Waals surface area contributed by atoms with Gasteiger partial charge in [0.15, 0.2) is 0 Å². The van der Waals surface area contributed by atoms with Gasteiger partial charge in [-0.15, -0.1) is 0 Å². The molecule has 1 heterocycles. The van der Waals surface area contributed by atoms with Gasteiger partial charge in [-0.2, -0.15) is 13.1 Å². The summed E-state index contributed by atoms with van der Waals surface area (Å²) in [5.41, 5.74) is 1.04. The van der Waals surface area contributed by atoms with E-state index in [1.807, 2.05) is 18.2 Å². The second kappa shape index (κ2) is 7.35. The molecule has 0 unspecified atom stereocenters. The predicted molar refractivity (Wildman–Crippen MR) is 95.9 cm³/mol. The normalized spacial score (nSPS) is 13.8. The number of rotatable bonds is 4. The first-order valence-corrected chi connectivity index (χ1v) is 9.37. The Balaban J connectivity index is 1.69. The van der Waals surface area contributed by atoms with Crippen LogP contribution >= 0.6 is 0 Å². The van der Waals surface area contributed by atoms with Gasteiger partial charge in [-0.25, -0.2) is 4.79 Å². The van der Waals surface area contributed by atoms with Crippen molar-refractivity contribution in [3.63, 3.8) is 0 Å². The number of benzene rings is 2. The number of anilines is 2. The van der Waals surface area contributed by atoms with Crippen LogP contribution in [0.2, 0.25) is 0 Å². The first-order chi connectivity index (χ1) is 12.0. The van der Waals surface area contributed by atoms with E-state index in [1.165, 1.54) is 12.1 Å². The highest BCUT2D eigenvalue weighted by Crippen LogP contribution is 2.16. The number of amides is 2. The quantitative estimate of drug-likeness (QED) is 0.652. The highest BCUT2D eigenvalue weighted by atomic mass is 32.2. The molecule has 0 bridgehead atoms. The molecule has 2 aromatic rings. The van der Waals surface area contributed by atoms with Crippen LogP contribution < -0.4 is 20.3 Å². The second-order valence-corrected chi connectivity index (χ2v) is 7.27. The van der Waals surface area contributed by atoms with Gasteiger partial charge < -0.3 is 10.6 Å². The van der Waals surface area contributed by atoms with Gasteiger partial charge in [0.05, 0.1) is 13.0 Å². The Hall–Kier alpha value is -2.87. The summed E-state index contributed by atoms with van der Waals surface area (Å²) in [7, 11) is -3.68. The van der Waals surface area contributed by atoms with E-state index in [9.17, 15) is 13.2 Å². The lowest BCUT2D eigenvalue weighted by Crippen LogP contribution is -2.72. The summed E-state index contributed by atoms with van der Waals surface area (Å²) < 4.78 is 27.4. The van der Waals surface area contributed by atoms with E-state index in [2.05, 4.69) is 20.3 Å². The van der Waals surface area contributed by atoms with E-state index in [0.717, 1.165) is 13.0 Å². The van der Waals surface area contributed by atoms with Crippen molar-refractivity contribution in [3.05, 3.63) is 54.6 Å². The van der Waals surface area contributed by atoms with Gasteiger partial charge in [-0.1, -0.05) is 24.3 Å². The number of urea groups is 1. The Morgan fingerprint density at radius 2 is 1.68 bits per heavy atom. The van der Waals surface area contributed by atoms with Crippen molar-refractivity contribution in [2.24, 2.45) is 0 Å². The zero-order chi connectivity index (χ0) is 17.7. The number of sulfonamides is 1. The first-order valence-electron chi connectivity index (χ1n) is 7.88. The monoisotopic (exact) mass is 359 g/mol. The van der Waals surface area contributed by atoms with E-state index in [4.69, 9.17) is 0 Å². The fourth-order valence-corrected chi connectivity index (χ4v) is 3.61. The standard InChI is InChI=1S/C17H18N4O3S/c22-17(19-13-6-2-1-3-7-13)20-14-8-4-9-15(12-14)25(23,24)21-16-10-5-11-18-16/h1-4,6-9,12H,5,10-11H2,(H,18,21)(H2,19,20,22)/p+1. The molecule has 0 radical (unpaired) electrons. The van der Waals surface area contributed by atoms with Gasteiger partial charge in [0.1, 0.15) is 4.90 Å². The zero-order valence-corrected chi connectivity index (χ0v) is 14.3. The molecule has 4 N–H and O–H groups in total. The van der Waals surface area contributed by atoms with Crippen molar-refractivity contribution >= 4 is 33.3 Å². The lowest BCUT2D eigenvalue weighted by Gasteiger charge is -2.09. The maximum absolute atomic E-state index is 12.4. The molecule has 0 saturated carbocycles. The van der Waals surface area contributed by atoms with Crippen LogP contribution in [0.1, 0.15) is 12.8 Å². The van der Waals surface area contributed by atoms with Crippen molar-refractivity contribution in [2.45, 2.75) is 17.7 Å². The average Bonchev–Trinajstić information content (AvgIpc) is 3.08. The molecular weight excluding hydrogens is 340 g/mol. The Morgan fingerprint density at radius 3 is 2.40 bits per heavy atom. The molecule has 0 aromatic heterocycles. The smallest absolute Gasteiger partial charge is 0.308 e. The van der Waals surface area contributed by atoms with E-state index >= 15 is 0 Å². The zero-order valence-electron chi connectivity index (χ0n) is 13.5. The number of carbonyl (C=O) groups is 1. The minimum atomic E-state index is -3.68. The Labute approximate surface area is 146 Å². The molecule has 1 aliphatic rings. The Morgan fingerprint density at radius 1 is 0.960 bits per heavy atom. The maximum Gasteiger partial charge on any atom is 0.328 e. The van der Waals surface area contributed by atoms with Crippen LogP contribution in [-0.4, -0.2) is 26.8 Å². The molecule has 0 fully saturated rings. The van der Waals surface area contributed by atoms with Crippen LogP contribution in [0, 0.1) is 0 Å². The van der Waals surface area contributed by atoms with Crippen LogP contribution in [0.3, 0.4) is 0 Å². The van der Waals surface area contributed by atoms with E-state index < -0.39 is 16.1 Å². The Kier molecular flexibility index (Phi) is 4.99. The van der Waals surface area contributed by atoms with Crippen molar-refractivity contribution in [2.75, 3.05) is 17.2 Å². The van der Waals surface area contributed by atoms with Crippen molar-refractivity contribution in [1.82, 2.24) is 4.72 Å².